The van der Waals surface area contributed by atoms with Crippen LogP contribution in [0.25, 0.3) is 0 Å². The van der Waals surface area contributed by atoms with Gasteiger partial charge in [0, 0.05) is 24.4 Å². The van der Waals surface area contributed by atoms with Crippen LogP contribution >= 0.6 is 0 Å². The van der Waals surface area contributed by atoms with Crippen LogP contribution in [-0.2, 0) is 0 Å². The van der Waals surface area contributed by atoms with Crippen LogP contribution in [-0.4, -0.2) is 29.2 Å². The van der Waals surface area contributed by atoms with Gasteiger partial charge < -0.3 is 10.0 Å². The Hall–Kier alpha value is -1.62. The molecule has 1 fully saturated rings. The molecule has 0 bridgehead atoms. The second-order valence-electron chi connectivity index (χ2n) is 5.26. The Morgan fingerprint density at radius 3 is 2.63 bits per heavy atom. The molecule has 5 nitrogen and oxygen atoms in total. The quantitative estimate of drug-likeness (QED) is 0.673. The lowest BCUT2D eigenvalue weighted by Gasteiger charge is -2.36. The van der Waals surface area contributed by atoms with Crippen LogP contribution in [0.5, 0.6) is 0 Å². The van der Waals surface area contributed by atoms with Crippen molar-refractivity contribution in [3.63, 3.8) is 0 Å². The van der Waals surface area contributed by atoms with E-state index < -0.39 is 0 Å². The minimum absolute atomic E-state index is 0.106. The number of benzene rings is 1. The first-order valence-electron chi connectivity index (χ1n) is 6.66. The number of nitrogens with zero attached hydrogens (tertiary/aromatic N) is 2. The minimum atomic E-state index is -0.366. The Morgan fingerprint density at radius 1 is 1.37 bits per heavy atom. The molecule has 2 rings (SSSR count). The third-order valence-electron chi connectivity index (χ3n) is 3.98. The molecule has 0 heterocycles. The highest BCUT2D eigenvalue weighted by molar-refractivity contribution is 5.55. The van der Waals surface area contributed by atoms with Crippen molar-refractivity contribution in [2.24, 2.45) is 0 Å². The topological polar surface area (TPSA) is 66.6 Å². The van der Waals surface area contributed by atoms with Crippen molar-refractivity contribution in [2.75, 3.05) is 11.9 Å². The molecule has 0 aromatic heterocycles. The first kappa shape index (κ1) is 13.8. The monoisotopic (exact) mass is 264 g/mol. The molecule has 104 valence electrons. The highest BCUT2D eigenvalue weighted by Gasteiger charge is 2.27. The SMILES string of the molecule is Cc1cc(N(C)C2CCCCC2O)ccc1[N+](=O)[O-]. The summed E-state index contributed by atoms with van der Waals surface area (Å²) in [7, 11) is 1.94. The first-order valence-corrected chi connectivity index (χ1v) is 6.66. The summed E-state index contributed by atoms with van der Waals surface area (Å²) in [6.45, 7) is 1.74. The van der Waals surface area contributed by atoms with Gasteiger partial charge in [0.2, 0.25) is 0 Å². The van der Waals surface area contributed by atoms with E-state index in [1.165, 1.54) is 6.07 Å². The molecular formula is C14H20N2O3. The average molecular weight is 264 g/mol. The van der Waals surface area contributed by atoms with Crippen LogP contribution < -0.4 is 4.90 Å². The van der Waals surface area contributed by atoms with Gasteiger partial charge in [-0.1, -0.05) is 12.8 Å². The van der Waals surface area contributed by atoms with Crippen LogP contribution in [0.1, 0.15) is 31.2 Å². The second kappa shape index (κ2) is 5.57. The molecule has 1 saturated carbocycles. The number of anilines is 1. The highest BCUT2D eigenvalue weighted by Crippen LogP contribution is 2.29. The van der Waals surface area contributed by atoms with E-state index in [1.54, 1.807) is 13.0 Å². The Labute approximate surface area is 113 Å². The van der Waals surface area contributed by atoms with Gasteiger partial charge in [-0.2, -0.15) is 0 Å². The molecular weight excluding hydrogens is 244 g/mol. The fraction of sp³-hybridized carbons (Fsp3) is 0.571. The van der Waals surface area contributed by atoms with Gasteiger partial charge in [-0.15, -0.1) is 0 Å². The van der Waals surface area contributed by atoms with Gasteiger partial charge >= 0.3 is 0 Å². The predicted octanol–water partition coefficient (Wildman–Crippen LogP) is 2.64. The fourth-order valence-corrected chi connectivity index (χ4v) is 2.80. The molecule has 0 aliphatic heterocycles. The van der Waals surface area contributed by atoms with E-state index in [0.717, 1.165) is 31.4 Å². The molecule has 1 aliphatic rings. The van der Waals surface area contributed by atoms with Crippen LogP contribution in [0.2, 0.25) is 0 Å². The number of likely N-dealkylation sites (N-methyl/N-ethyl adjacent to an activating group) is 1. The Bertz CT molecular complexity index is 476. The molecule has 2 atom stereocenters. The number of nitro benzene ring substituents is 1. The molecule has 1 aromatic rings. The molecule has 0 amide bonds. The molecule has 1 N–H and O–H groups in total. The van der Waals surface area contributed by atoms with E-state index in [2.05, 4.69) is 0 Å². The zero-order valence-electron chi connectivity index (χ0n) is 11.4. The van der Waals surface area contributed by atoms with Gasteiger partial charge in [0.05, 0.1) is 17.1 Å². The van der Waals surface area contributed by atoms with Gasteiger partial charge in [-0.3, -0.25) is 10.1 Å². The molecule has 19 heavy (non-hydrogen) atoms. The van der Waals surface area contributed by atoms with Gasteiger partial charge in [0.25, 0.3) is 5.69 Å². The maximum atomic E-state index is 10.8. The lowest BCUT2D eigenvalue weighted by atomic mass is 9.91. The molecule has 0 saturated heterocycles. The van der Waals surface area contributed by atoms with Crippen LogP contribution in [0.15, 0.2) is 18.2 Å². The summed E-state index contributed by atoms with van der Waals surface area (Å²) in [5, 5.41) is 20.9. The summed E-state index contributed by atoms with van der Waals surface area (Å²) in [5.41, 5.74) is 1.72. The highest BCUT2D eigenvalue weighted by atomic mass is 16.6. The van der Waals surface area contributed by atoms with Crippen molar-refractivity contribution in [2.45, 2.75) is 44.8 Å². The lowest BCUT2D eigenvalue weighted by Crippen LogP contribution is -2.43. The number of rotatable bonds is 3. The molecule has 1 aliphatic carbocycles. The molecule has 0 spiro atoms. The van der Waals surface area contributed by atoms with Crippen molar-refractivity contribution >= 4 is 11.4 Å². The summed E-state index contributed by atoms with van der Waals surface area (Å²) in [5.74, 6) is 0. The summed E-state index contributed by atoms with van der Waals surface area (Å²) >= 11 is 0. The van der Waals surface area contributed by atoms with Crippen LogP contribution in [0.4, 0.5) is 11.4 Å². The zero-order chi connectivity index (χ0) is 14.0. The van der Waals surface area contributed by atoms with E-state index in [9.17, 15) is 15.2 Å². The maximum Gasteiger partial charge on any atom is 0.272 e. The number of aryl methyl sites for hydroxylation is 1. The number of hydrogen-bond acceptors (Lipinski definition) is 4. The predicted molar refractivity (Wildman–Crippen MR) is 74.5 cm³/mol. The van der Waals surface area contributed by atoms with Gasteiger partial charge in [0.15, 0.2) is 0 Å². The van der Waals surface area contributed by atoms with E-state index in [1.807, 2.05) is 18.0 Å². The van der Waals surface area contributed by atoms with Crippen molar-refractivity contribution in [3.05, 3.63) is 33.9 Å². The van der Waals surface area contributed by atoms with E-state index in [-0.39, 0.29) is 22.8 Å². The summed E-state index contributed by atoms with van der Waals surface area (Å²) < 4.78 is 0. The normalized spacial score (nSPS) is 23.1. The Balaban J connectivity index is 2.21. The smallest absolute Gasteiger partial charge is 0.272 e. The molecule has 1 aromatic carbocycles. The third kappa shape index (κ3) is 2.87. The minimum Gasteiger partial charge on any atom is -0.391 e. The van der Waals surface area contributed by atoms with E-state index in [0.29, 0.717) is 5.56 Å². The van der Waals surface area contributed by atoms with Gasteiger partial charge in [-0.25, -0.2) is 0 Å². The fourth-order valence-electron chi connectivity index (χ4n) is 2.80. The molecule has 0 radical (unpaired) electrons. The largest absolute Gasteiger partial charge is 0.391 e. The van der Waals surface area contributed by atoms with Gasteiger partial charge in [-0.05, 0) is 31.9 Å². The number of nitro groups is 1. The number of aliphatic hydroxyl groups is 1. The number of hydrogen-bond donors (Lipinski definition) is 1. The van der Waals surface area contributed by atoms with Gasteiger partial charge in [0.1, 0.15) is 0 Å². The van der Waals surface area contributed by atoms with Crippen molar-refractivity contribution in [1.29, 1.82) is 0 Å². The lowest BCUT2D eigenvalue weighted by molar-refractivity contribution is -0.385. The first-order chi connectivity index (χ1) is 9.00. The van der Waals surface area contributed by atoms with Crippen LogP contribution in [0, 0.1) is 17.0 Å². The summed E-state index contributed by atoms with van der Waals surface area (Å²) in [4.78, 5) is 12.5. The summed E-state index contributed by atoms with van der Waals surface area (Å²) in [6, 6.07) is 5.22. The van der Waals surface area contributed by atoms with Crippen molar-refractivity contribution < 1.29 is 10.0 Å². The standard InChI is InChI=1S/C14H20N2O3/c1-10-9-11(7-8-12(10)16(18)19)15(2)13-5-3-4-6-14(13)17/h7-9,13-14,17H,3-6H2,1-2H3. The average Bonchev–Trinajstić information content (AvgIpc) is 2.38. The second-order valence-corrected chi connectivity index (χ2v) is 5.26. The maximum absolute atomic E-state index is 10.8. The van der Waals surface area contributed by atoms with Crippen molar-refractivity contribution in [3.8, 4) is 0 Å². The summed E-state index contributed by atoms with van der Waals surface area (Å²) in [6.07, 6.45) is 3.69. The molecule has 5 heteroatoms. The molecule has 2 unspecified atom stereocenters. The van der Waals surface area contributed by atoms with Crippen molar-refractivity contribution in [1.82, 2.24) is 0 Å². The number of aliphatic hydroxyl groups excluding tert-OH is 1. The Morgan fingerprint density at radius 2 is 2.05 bits per heavy atom. The zero-order valence-corrected chi connectivity index (χ0v) is 11.4. The van der Waals surface area contributed by atoms with Crippen LogP contribution in [0.3, 0.4) is 0 Å². The van der Waals surface area contributed by atoms with E-state index >= 15 is 0 Å². The Kier molecular flexibility index (Phi) is 4.04. The van der Waals surface area contributed by atoms with E-state index in [4.69, 9.17) is 0 Å². The third-order valence-corrected chi connectivity index (χ3v) is 3.98.